The van der Waals surface area contributed by atoms with Crippen molar-refractivity contribution >= 4 is 12.0 Å². The number of rotatable bonds is 7. The van der Waals surface area contributed by atoms with E-state index in [9.17, 15) is 14.0 Å². The fourth-order valence-corrected chi connectivity index (χ4v) is 2.86. The quantitative estimate of drug-likeness (QED) is 0.740. The number of halogens is 1. The van der Waals surface area contributed by atoms with Gasteiger partial charge in [0.2, 0.25) is 0 Å². The van der Waals surface area contributed by atoms with Gasteiger partial charge in [-0.25, -0.2) is 14.0 Å². The van der Waals surface area contributed by atoms with E-state index in [0.29, 0.717) is 30.8 Å². The van der Waals surface area contributed by atoms with Crippen molar-refractivity contribution in [1.82, 2.24) is 15.5 Å². The van der Waals surface area contributed by atoms with Crippen LogP contribution in [0.1, 0.15) is 25.8 Å². The van der Waals surface area contributed by atoms with Crippen LogP contribution >= 0.6 is 0 Å². The van der Waals surface area contributed by atoms with E-state index in [1.165, 1.54) is 12.1 Å². The number of urea groups is 1. The summed E-state index contributed by atoms with van der Waals surface area (Å²) in [5.41, 5.74) is 1.77. The van der Waals surface area contributed by atoms with E-state index in [-0.39, 0.29) is 24.5 Å². The number of benzene rings is 1. The van der Waals surface area contributed by atoms with Crippen molar-refractivity contribution in [3.8, 4) is 0 Å². The molecule has 1 atom stereocenters. The van der Waals surface area contributed by atoms with Crippen LogP contribution in [0.3, 0.4) is 0 Å². The molecule has 2 amide bonds. The highest BCUT2D eigenvalue weighted by molar-refractivity contribution is 5.94. The van der Waals surface area contributed by atoms with E-state index in [0.717, 1.165) is 5.56 Å². The van der Waals surface area contributed by atoms with E-state index in [1.807, 2.05) is 24.9 Å². The van der Waals surface area contributed by atoms with Crippen molar-refractivity contribution in [2.45, 2.75) is 32.9 Å². The third-order valence-corrected chi connectivity index (χ3v) is 3.92. The second kappa shape index (κ2) is 8.62. The largest absolute Gasteiger partial charge is 0.463 e. The minimum Gasteiger partial charge on any atom is -0.463 e. The Hall–Kier alpha value is -2.41. The fourth-order valence-electron chi connectivity index (χ4n) is 2.86. The summed E-state index contributed by atoms with van der Waals surface area (Å²) in [6.07, 6.45) is 0.582. The molecule has 0 bridgehead atoms. The van der Waals surface area contributed by atoms with Crippen LogP contribution in [0.4, 0.5) is 9.18 Å². The molecule has 2 rings (SSSR count). The van der Waals surface area contributed by atoms with Crippen LogP contribution in [0.2, 0.25) is 0 Å². The first-order valence-corrected chi connectivity index (χ1v) is 8.35. The van der Waals surface area contributed by atoms with Gasteiger partial charge in [0.15, 0.2) is 0 Å². The number of likely N-dealkylation sites (N-methyl/N-ethyl adjacent to an activating group) is 1. The standard InChI is InChI=1S/C18H24FN3O3/c1-4-14-16(17(23)25-5-2)15(21-18(24)20-14)11-22(3)10-12-7-6-8-13(19)9-12/h6-9,14H,4-5,10-11H2,1-3H3,(H2,20,21,24)/t14-/m0/s1. The number of nitrogens with one attached hydrogen (secondary N) is 2. The molecule has 0 saturated heterocycles. The molecular formula is C18H24FN3O3. The van der Waals surface area contributed by atoms with Gasteiger partial charge >= 0.3 is 12.0 Å². The average Bonchev–Trinajstić information content (AvgIpc) is 2.54. The smallest absolute Gasteiger partial charge is 0.337 e. The lowest BCUT2D eigenvalue weighted by atomic mass is 10.00. The molecule has 0 unspecified atom stereocenters. The van der Waals surface area contributed by atoms with Crippen molar-refractivity contribution in [2.24, 2.45) is 0 Å². The number of esters is 1. The van der Waals surface area contributed by atoms with Gasteiger partial charge in [-0.2, -0.15) is 0 Å². The van der Waals surface area contributed by atoms with Gasteiger partial charge in [0.25, 0.3) is 0 Å². The second-order valence-electron chi connectivity index (χ2n) is 5.97. The maximum absolute atomic E-state index is 13.3. The average molecular weight is 349 g/mol. The Kier molecular flexibility index (Phi) is 6.52. The Labute approximate surface area is 147 Å². The Morgan fingerprint density at radius 1 is 1.32 bits per heavy atom. The van der Waals surface area contributed by atoms with E-state index >= 15 is 0 Å². The first-order valence-electron chi connectivity index (χ1n) is 8.35. The zero-order valence-electron chi connectivity index (χ0n) is 14.8. The minimum atomic E-state index is -0.434. The molecule has 1 heterocycles. The lowest BCUT2D eigenvalue weighted by Crippen LogP contribution is -2.51. The summed E-state index contributed by atoms with van der Waals surface area (Å²) in [5, 5.41) is 5.45. The van der Waals surface area contributed by atoms with Crippen LogP contribution in [0.5, 0.6) is 0 Å². The van der Waals surface area contributed by atoms with Crippen molar-refractivity contribution in [3.05, 3.63) is 46.9 Å². The van der Waals surface area contributed by atoms with Gasteiger partial charge in [-0.3, -0.25) is 4.90 Å². The molecule has 1 aromatic rings. The molecule has 7 heteroatoms. The maximum Gasteiger partial charge on any atom is 0.337 e. The molecule has 25 heavy (non-hydrogen) atoms. The van der Waals surface area contributed by atoms with Crippen molar-refractivity contribution < 1.29 is 18.7 Å². The molecule has 0 radical (unpaired) electrons. The van der Waals surface area contributed by atoms with Crippen LogP contribution in [-0.4, -0.2) is 43.1 Å². The molecule has 0 fully saturated rings. The molecule has 1 aliphatic heterocycles. The predicted octanol–water partition coefficient (Wildman–Crippen LogP) is 2.17. The Bertz CT molecular complexity index is 675. The van der Waals surface area contributed by atoms with E-state index in [2.05, 4.69) is 10.6 Å². The van der Waals surface area contributed by atoms with Gasteiger partial charge in [-0.15, -0.1) is 0 Å². The number of carbonyl (C=O) groups excluding carboxylic acids is 2. The molecule has 1 aromatic carbocycles. The monoisotopic (exact) mass is 349 g/mol. The van der Waals surface area contributed by atoms with Gasteiger partial charge in [0.05, 0.1) is 18.2 Å². The topological polar surface area (TPSA) is 70.7 Å². The zero-order chi connectivity index (χ0) is 18.4. The summed E-state index contributed by atoms with van der Waals surface area (Å²) < 4.78 is 18.5. The Balaban J connectivity index is 2.21. The molecule has 0 saturated carbocycles. The normalized spacial score (nSPS) is 17.3. The first-order chi connectivity index (χ1) is 11.9. The van der Waals surface area contributed by atoms with E-state index in [4.69, 9.17) is 4.74 Å². The van der Waals surface area contributed by atoms with Gasteiger partial charge in [0, 0.05) is 18.8 Å². The zero-order valence-corrected chi connectivity index (χ0v) is 14.8. The molecule has 136 valence electrons. The summed E-state index contributed by atoms with van der Waals surface area (Å²) in [5.74, 6) is -0.727. The molecule has 0 aromatic heterocycles. The molecule has 6 nitrogen and oxygen atoms in total. The number of carbonyl (C=O) groups is 2. The molecule has 1 aliphatic rings. The lowest BCUT2D eigenvalue weighted by Gasteiger charge is -2.30. The SMILES string of the molecule is CCOC(=O)C1=C(CN(C)Cc2cccc(F)c2)NC(=O)N[C@H]1CC. The first kappa shape index (κ1) is 18.9. The Morgan fingerprint density at radius 3 is 2.72 bits per heavy atom. The van der Waals surface area contributed by atoms with Crippen LogP contribution in [0.25, 0.3) is 0 Å². The maximum atomic E-state index is 13.3. The highest BCUT2D eigenvalue weighted by Gasteiger charge is 2.31. The minimum absolute atomic E-state index is 0.263. The number of hydrogen-bond donors (Lipinski definition) is 2. The molecular weight excluding hydrogens is 325 g/mol. The second-order valence-corrected chi connectivity index (χ2v) is 5.97. The summed E-state index contributed by atoms with van der Waals surface area (Å²) in [6, 6.07) is 5.62. The fraction of sp³-hybridized carbons (Fsp3) is 0.444. The van der Waals surface area contributed by atoms with Crippen LogP contribution in [-0.2, 0) is 16.1 Å². The van der Waals surface area contributed by atoms with Crippen LogP contribution in [0, 0.1) is 5.82 Å². The molecule has 0 aliphatic carbocycles. The van der Waals surface area contributed by atoms with Crippen molar-refractivity contribution in [1.29, 1.82) is 0 Å². The van der Waals surface area contributed by atoms with Crippen LogP contribution in [0.15, 0.2) is 35.5 Å². The van der Waals surface area contributed by atoms with Gasteiger partial charge in [-0.1, -0.05) is 19.1 Å². The number of nitrogens with zero attached hydrogens (tertiary/aromatic N) is 1. The third kappa shape index (κ3) is 5.03. The molecule has 2 N–H and O–H groups in total. The van der Waals surface area contributed by atoms with E-state index < -0.39 is 5.97 Å². The summed E-state index contributed by atoms with van der Waals surface area (Å²) in [6.45, 7) is 4.72. The highest BCUT2D eigenvalue weighted by atomic mass is 19.1. The number of amides is 2. The van der Waals surface area contributed by atoms with E-state index in [1.54, 1.807) is 13.0 Å². The van der Waals surface area contributed by atoms with Gasteiger partial charge < -0.3 is 15.4 Å². The third-order valence-electron chi connectivity index (χ3n) is 3.92. The van der Waals surface area contributed by atoms with Crippen LogP contribution < -0.4 is 10.6 Å². The summed E-state index contributed by atoms with van der Waals surface area (Å²) >= 11 is 0. The predicted molar refractivity (Wildman–Crippen MR) is 92.1 cm³/mol. The Morgan fingerprint density at radius 2 is 2.08 bits per heavy atom. The van der Waals surface area contributed by atoms with Crippen molar-refractivity contribution in [3.63, 3.8) is 0 Å². The number of ether oxygens (including phenoxy) is 1. The lowest BCUT2D eigenvalue weighted by molar-refractivity contribution is -0.139. The number of hydrogen-bond acceptors (Lipinski definition) is 4. The van der Waals surface area contributed by atoms with Gasteiger partial charge in [0.1, 0.15) is 5.82 Å². The van der Waals surface area contributed by atoms with Gasteiger partial charge in [-0.05, 0) is 38.1 Å². The highest BCUT2D eigenvalue weighted by Crippen LogP contribution is 2.18. The summed E-state index contributed by atoms with van der Waals surface area (Å²) in [7, 11) is 1.84. The summed E-state index contributed by atoms with van der Waals surface area (Å²) in [4.78, 5) is 26.1. The van der Waals surface area contributed by atoms with Crippen molar-refractivity contribution in [2.75, 3.05) is 20.2 Å². The molecule has 0 spiro atoms.